The van der Waals surface area contributed by atoms with Crippen molar-refractivity contribution >= 4 is 43.7 Å². The average molecular weight is 552 g/mol. The van der Waals surface area contributed by atoms with Crippen molar-refractivity contribution in [2.75, 3.05) is 5.32 Å². The Morgan fingerprint density at radius 2 is 0.953 bits per heavy atom. The quantitative estimate of drug-likeness (QED) is 0.211. The van der Waals surface area contributed by atoms with E-state index in [9.17, 15) is 0 Å². The normalized spacial score (nSPS) is 15.3. The topological polar surface area (TPSA) is 12.0 Å². The van der Waals surface area contributed by atoms with Crippen molar-refractivity contribution in [1.82, 2.24) is 0 Å². The molecular weight excluding hydrogens is 518 g/mol. The highest BCUT2D eigenvalue weighted by molar-refractivity contribution is 6.04. The lowest BCUT2D eigenvalue weighted by molar-refractivity contribution is 0.652. The first-order chi connectivity index (χ1) is 20.8. The van der Waals surface area contributed by atoms with Crippen LogP contribution in [0.15, 0.2) is 121 Å². The van der Waals surface area contributed by atoms with Crippen LogP contribution in [0, 0.1) is 0 Å². The van der Waals surface area contributed by atoms with Crippen LogP contribution >= 0.6 is 0 Å². The summed E-state index contributed by atoms with van der Waals surface area (Å²) in [5.41, 5.74) is 13.3. The summed E-state index contributed by atoms with van der Waals surface area (Å²) >= 11 is 0. The van der Waals surface area contributed by atoms with E-state index in [-0.39, 0.29) is 10.8 Å². The molecule has 9 rings (SSSR count). The Labute approximate surface area is 252 Å². The summed E-state index contributed by atoms with van der Waals surface area (Å²) in [4.78, 5) is 0. The third-order valence-electron chi connectivity index (χ3n) is 10.4. The second-order valence-electron chi connectivity index (χ2n) is 13.5. The molecule has 0 saturated carbocycles. The smallest absolute Gasteiger partial charge is 0.0390 e. The summed E-state index contributed by atoms with van der Waals surface area (Å²) < 4.78 is 0. The van der Waals surface area contributed by atoms with Crippen LogP contribution in [0.25, 0.3) is 54.6 Å². The van der Waals surface area contributed by atoms with Gasteiger partial charge in [0.25, 0.3) is 0 Å². The number of hydrogen-bond donors (Lipinski definition) is 1. The van der Waals surface area contributed by atoms with Gasteiger partial charge in [-0.1, -0.05) is 100 Å². The predicted molar refractivity (Wildman–Crippen MR) is 184 cm³/mol. The highest BCUT2D eigenvalue weighted by Crippen LogP contribution is 2.57. The fourth-order valence-corrected chi connectivity index (χ4v) is 7.99. The van der Waals surface area contributed by atoms with Gasteiger partial charge in [0.1, 0.15) is 0 Å². The van der Waals surface area contributed by atoms with E-state index in [0.29, 0.717) is 0 Å². The minimum atomic E-state index is -0.100. The number of benzene rings is 7. The maximum atomic E-state index is 3.73. The summed E-state index contributed by atoms with van der Waals surface area (Å²) in [5, 5.41) is 11.5. The molecule has 1 N–H and O–H groups in total. The van der Waals surface area contributed by atoms with Crippen LogP contribution in [0.2, 0.25) is 0 Å². The van der Waals surface area contributed by atoms with Gasteiger partial charge in [0, 0.05) is 22.2 Å². The molecule has 0 spiro atoms. The lowest BCUT2D eigenvalue weighted by Gasteiger charge is -2.24. The molecule has 1 nitrogen and oxygen atoms in total. The number of rotatable bonds is 2. The molecule has 0 atom stereocenters. The summed E-state index contributed by atoms with van der Waals surface area (Å²) in [6.07, 6.45) is 0. The van der Waals surface area contributed by atoms with Crippen LogP contribution in [0.5, 0.6) is 0 Å². The van der Waals surface area contributed by atoms with Gasteiger partial charge in [0.15, 0.2) is 0 Å². The van der Waals surface area contributed by atoms with Crippen molar-refractivity contribution in [3.8, 4) is 22.3 Å². The minimum Gasteiger partial charge on any atom is -0.355 e. The van der Waals surface area contributed by atoms with E-state index in [1.165, 1.54) is 76.8 Å². The van der Waals surface area contributed by atoms with Crippen LogP contribution in [0.1, 0.15) is 49.9 Å². The van der Waals surface area contributed by atoms with E-state index in [2.05, 4.69) is 154 Å². The molecule has 0 unspecified atom stereocenters. The molecule has 0 heterocycles. The summed E-state index contributed by atoms with van der Waals surface area (Å²) in [6, 6.07) is 45.3. The molecule has 206 valence electrons. The van der Waals surface area contributed by atoms with E-state index < -0.39 is 0 Å². The third-order valence-corrected chi connectivity index (χ3v) is 10.4. The first kappa shape index (κ1) is 24.7. The number of anilines is 2. The summed E-state index contributed by atoms with van der Waals surface area (Å²) in [6.45, 7) is 9.55. The Morgan fingerprint density at radius 3 is 1.77 bits per heavy atom. The molecule has 2 aliphatic rings. The van der Waals surface area contributed by atoms with E-state index >= 15 is 0 Å². The zero-order chi connectivity index (χ0) is 29.1. The molecular formula is C42H33N. The minimum absolute atomic E-state index is 0.0421. The fourth-order valence-electron chi connectivity index (χ4n) is 7.99. The van der Waals surface area contributed by atoms with Gasteiger partial charge in [0.2, 0.25) is 0 Å². The number of hydrogen-bond acceptors (Lipinski definition) is 1. The van der Waals surface area contributed by atoms with E-state index in [4.69, 9.17) is 0 Å². The lowest BCUT2D eigenvalue weighted by Crippen LogP contribution is -2.17. The SMILES string of the molecule is CC1(C)c2cc(Nc3ccc4cc5ccccc5cc4c3)ccc2-c2cc3c(cc21)-c1c(ccc2ccccc12)C3(C)C. The van der Waals surface area contributed by atoms with Crippen molar-refractivity contribution in [2.24, 2.45) is 0 Å². The zero-order valence-corrected chi connectivity index (χ0v) is 25.0. The van der Waals surface area contributed by atoms with Gasteiger partial charge >= 0.3 is 0 Å². The second-order valence-corrected chi connectivity index (χ2v) is 13.5. The standard InChI is InChI=1S/C42H33N/c1-41(2)36-18-14-25-9-7-8-12-32(25)40(36)35-24-38-34(23-39(35)41)33-17-16-31(22-37(33)42(38,3)4)43-30-15-13-28-19-26-10-5-6-11-27(26)20-29(28)21-30/h5-24,43H,1-4H3. The van der Waals surface area contributed by atoms with E-state index in [0.717, 1.165) is 11.4 Å². The molecule has 0 aliphatic heterocycles. The Morgan fingerprint density at radius 1 is 0.395 bits per heavy atom. The Bertz CT molecular complexity index is 2320. The molecule has 7 aromatic rings. The first-order valence-corrected chi connectivity index (χ1v) is 15.4. The largest absolute Gasteiger partial charge is 0.355 e. The van der Waals surface area contributed by atoms with Gasteiger partial charge in [0.05, 0.1) is 0 Å². The molecule has 0 amide bonds. The fraction of sp³-hybridized carbons (Fsp3) is 0.143. The molecule has 0 bridgehead atoms. The van der Waals surface area contributed by atoms with Crippen molar-refractivity contribution < 1.29 is 0 Å². The van der Waals surface area contributed by atoms with E-state index in [1.54, 1.807) is 0 Å². The summed E-state index contributed by atoms with van der Waals surface area (Å²) in [5.74, 6) is 0. The maximum absolute atomic E-state index is 3.73. The number of nitrogens with one attached hydrogen (secondary N) is 1. The van der Waals surface area contributed by atoms with Gasteiger partial charge in [-0.2, -0.15) is 0 Å². The highest BCUT2D eigenvalue weighted by atomic mass is 14.9. The van der Waals surface area contributed by atoms with Crippen LogP contribution in [0.4, 0.5) is 11.4 Å². The Balaban J connectivity index is 1.14. The van der Waals surface area contributed by atoms with Gasteiger partial charge < -0.3 is 5.32 Å². The van der Waals surface area contributed by atoms with Crippen LogP contribution in [0.3, 0.4) is 0 Å². The van der Waals surface area contributed by atoms with Crippen molar-refractivity contribution in [2.45, 2.75) is 38.5 Å². The molecule has 0 fully saturated rings. The highest BCUT2D eigenvalue weighted by Gasteiger charge is 2.42. The Kier molecular flexibility index (Phi) is 4.80. The molecule has 0 aromatic heterocycles. The van der Waals surface area contributed by atoms with Gasteiger partial charge in [-0.05, 0) is 125 Å². The van der Waals surface area contributed by atoms with Gasteiger partial charge in [-0.15, -0.1) is 0 Å². The average Bonchev–Trinajstić information content (AvgIpc) is 3.38. The summed E-state index contributed by atoms with van der Waals surface area (Å²) in [7, 11) is 0. The number of fused-ring (bicyclic) bond motifs is 10. The van der Waals surface area contributed by atoms with Crippen LogP contribution in [-0.2, 0) is 10.8 Å². The monoisotopic (exact) mass is 551 g/mol. The maximum Gasteiger partial charge on any atom is 0.0390 e. The van der Waals surface area contributed by atoms with Gasteiger partial charge in [-0.3, -0.25) is 0 Å². The van der Waals surface area contributed by atoms with Crippen LogP contribution < -0.4 is 5.32 Å². The van der Waals surface area contributed by atoms with Gasteiger partial charge in [-0.25, -0.2) is 0 Å². The first-order valence-electron chi connectivity index (χ1n) is 15.4. The predicted octanol–water partition coefficient (Wildman–Crippen LogP) is 11.5. The molecule has 43 heavy (non-hydrogen) atoms. The van der Waals surface area contributed by atoms with Crippen molar-refractivity contribution in [1.29, 1.82) is 0 Å². The third kappa shape index (κ3) is 3.40. The van der Waals surface area contributed by atoms with E-state index in [1.807, 2.05) is 0 Å². The van der Waals surface area contributed by atoms with Crippen molar-refractivity contribution in [3.63, 3.8) is 0 Å². The second kappa shape index (κ2) is 8.36. The zero-order valence-electron chi connectivity index (χ0n) is 25.0. The Hall–Kier alpha value is -4.88. The molecule has 0 radical (unpaired) electrons. The van der Waals surface area contributed by atoms with Crippen LogP contribution in [-0.4, -0.2) is 0 Å². The van der Waals surface area contributed by atoms with Crippen molar-refractivity contribution in [3.05, 3.63) is 144 Å². The molecule has 2 aliphatic carbocycles. The lowest BCUT2D eigenvalue weighted by atomic mass is 9.79. The molecule has 1 heteroatoms. The molecule has 7 aromatic carbocycles. The molecule has 0 saturated heterocycles.